The molecule has 0 atom stereocenters. The number of aliphatic carboxylic acids is 1. The molecule has 3 N–H and O–H groups in total. The zero-order chi connectivity index (χ0) is 11.1. The number of hydrogen-bond acceptors (Lipinski definition) is 4. The van der Waals surface area contributed by atoms with Crippen molar-refractivity contribution in [2.75, 3.05) is 6.54 Å². The number of nitrogens with one attached hydrogen (secondary N) is 2. The lowest BCUT2D eigenvalue weighted by Crippen LogP contribution is -2.36. The van der Waals surface area contributed by atoms with Crippen LogP contribution in [0.1, 0.15) is 12.1 Å². The minimum Gasteiger partial charge on any atom is -0.481 e. The molecule has 0 spiro atoms. The van der Waals surface area contributed by atoms with Crippen LogP contribution in [-0.2, 0) is 11.3 Å². The molecule has 1 heterocycles. The predicted molar refractivity (Wildman–Crippen MR) is 49.0 cm³/mol. The van der Waals surface area contributed by atoms with E-state index in [4.69, 9.17) is 5.11 Å². The Balaban J connectivity index is 2.11. The van der Waals surface area contributed by atoms with Crippen molar-refractivity contribution in [3.05, 3.63) is 18.0 Å². The van der Waals surface area contributed by atoms with Gasteiger partial charge in [-0.25, -0.2) is 4.79 Å². The van der Waals surface area contributed by atoms with Crippen LogP contribution in [-0.4, -0.2) is 28.8 Å². The van der Waals surface area contributed by atoms with Crippen LogP contribution in [0.4, 0.5) is 4.79 Å². The molecule has 0 fully saturated rings. The number of carboxylic acids is 1. The number of hydrogen-bond donors (Lipinski definition) is 3. The highest BCUT2D eigenvalue weighted by atomic mass is 16.5. The van der Waals surface area contributed by atoms with Gasteiger partial charge in [0.05, 0.1) is 13.0 Å². The molecule has 82 valence electrons. The number of carbonyl (C=O) groups is 2. The van der Waals surface area contributed by atoms with Crippen molar-refractivity contribution in [3.8, 4) is 0 Å². The van der Waals surface area contributed by atoms with Crippen LogP contribution in [0.3, 0.4) is 0 Å². The summed E-state index contributed by atoms with van der Waals surface area (Å²) in [5, 5.41) is 16.8. The molecular formula is C8H11N3O4. The molecule has 0 saturated heterocycles. The molecule has 7 nitrogen and oxygen atoms in total. The van der Waals surface area contributed by atoms with Gasteiger partial charge in [0.2, 0.25) is 0 Å². The lowest BCUT2D eigenvalue weighted by molar-refractivity contribution is -0.136. The Morgan fingerprint density at radius 1 is 1.47 bits per heavy atom. The number of carbonyl (C=O) groups excluding carboxylic acids is 1. The minimum atomic E-state index is -0.952. The van der Waals surface area contributed by atoms with Gasteiger partial charge in [0, 0.05) is 12.6 Å². The highest BCUT2D eigenvalue weighted by Gasteiger charge is 2.02. The van der Waals surface area contributed by atoms with Gasteiger partial charge in [-0.1, -0.05) is 5.16 Å². The number of carboxylic acid groups (broad SMARTS) is 1. The lowest BCUT2D eigenvalue weighted by Gasteiger charge is -2.03. The number of urea groups is 1. The largest absolute Gasteiger partial charge is 0.481 e. The number of rotatable bonds is 5. The van der Waals surface area contributed by atoms with E-state index in [1.54, 1.807) is 6.07 Å². The maximum absolute atomic E-state index is 11.0. The zero-order valence-electron chi connectivity index (χ0n) is 7.90. The Bertz CT molecular complexity index is 323. The quantitative estimate of drug-likeness (QED) is 0.636. The molecule has 0 aliphatic heterocycles. The average molecular weight is 213 g/mol. The van der Waals surface area contributed by atoms with E-state index in [0.29, 0.717) is 5.69 Å². The molecule has 7 heteroatoms. The molecule has 2 amide bonds. The first-order valence-electron chi connectivity index (χ1n) is 4.31. The first-order chi connectivity index (χ1) is 7.18. The first-order valence-corrected chi connectivity index (χ1v) is 4.31. The fraction of sp³-hybridized carbons (Fsp3) is 0.375. The van der Waals surface area contributed by atoms with Gasteiger partial charge in [-0.2, -0.15) is 0 Å². The molecule has 0 aromatic carbocycles. The van der Waals surface area contributed by atoms with Crippen molar-refractivity contribution in [1.82, 2.24) is 15.8 Å². The molecule has 15 heavy (non-hydrogen) atoms. The van der Waals surface area contributed by atoms with E-state index >= 15 is 0 Å². The second-order valence-electron chi connectivity index (χ2n) is 2.74. The molecular weight excluding hydrogens is 202 g/mol. The molecule has 0 aliphatic carbocycles. The van der Waals surface area contributed by atoms with E-state index in [0.717, 1.165) is 0 Å². The van der Waals surface area contributed by atoms with E-state index in [2.05, 4.69) is 20.3 Å². The Morgan fingerprint density at radius 2 is 2.27 bits per heavy atom. The Labute approximate surface area is 85.4 Å². The van der Waals surface area contributed by atoms with Gasteiger partial charge >= 0.3 is 12.0 Å². The first kappa shape index (κ1) is 11.0. The van der Waals surface area contributed by atoms with Crippen molar-refractivity contribution in [1.29, 1.82) is 0 Å². The maximum atomic E-state index is 11.0. The fourth-order valence-corrected chi connectivity index (χ4v) is 0.845. The standard InChI is InChI=1S/C8H11N3O4/c12-7(13)1-3-9-8(14)10-5-6-2-4-15-11-6/h2,4H,1,3,5H2,(H,12,13)(H2,9,10,14). The monoisotopic (exact) mass is 213 g/mol. The topological polar surface area (TPSA) is 104 Å². The summed E-state index contributed by atoms with van der Waals surface area (Å²) in [6.45, 7) is 0.343. The number of nitrogens with zero attached hydrogens (tertiary/aromatic N) is 1. The van der Waals surface area contributed by atoms with Gasteiger partial charge in [0.25, 0.3) is 0 Å². The molecule has 0 aliphatic rings. The summed E-state index contributed by atoms with van der Waals surface area (Å²) in [6.07, 6.45) is 1.30. The summed E-state index contributed by atoms with van der Waals surface area (Å²) in [5.74, 6) is -0.952. The minimum absolute atomic E-state index is 0.0972. The molecule has 0 unspecified atom stereocenters. The van der Waals surface area contributed by atoms with Gasteiger partial charge < -0.3 is 20.3 Å². The summed E-state index contributed by atoms with van der Waals surface area (Å²) >= 11 is 0. The SMILES string of the molecule is O=C(O)CCNC(=O)NCc1ccon1. The lowest BCUT2D eigenvalue weighted by atomic mass is 10.4. The van der Waals surface area contributed by atoms with Crippen LogP contribution in [0.2, 0.25) is 0 Å². The molecule has 1 rings (SSSR count). The van der Waals surface area contributed by atoms with Gasteiger partial charge in [-0.05, 0) is 0 Å². The van der Waals surface area contributed by atoms with Crippen LogP contribution < -0.4 is 10.6 Å². The smallest absolute Gasteiger partial charge is 0.315 e. The average Bonchev–Trinajstić information content (AvgIpc) is 2.66. The van der Waals surface area contributed by atoms with Gasteiger partial charge in [-0.15, -0.1) is 0 Å². The van der Waals surface area contributed by atoms with E-state index in [9.17, 15) is 9.59 Å². The summed E-state index contributed by atoms with van der Waals surface area (Å²) in [6, 6.07) is 1.19. The third-order valence-electron chi connectivity index (χ3n) is 1.55. The van der Waals surface area contributed by atoms with E-state index in [1.165, 1.54) is 6.26 Å². The van der Waals surface area contributed by atoms with Crippen molar-refractivity contribution in [2.45, 2.75) is 13.0 Å². The van der Waals surface area contributed by atoms with Crippen molar-refractivity contribution in [2.24, 2.45) is 0 Å². The summed E-state index contributed by atoms with van der Waals surface area (Å²) in [4.78, 5) is 21.2. The Morgan fingerprint density at radius 3 is 2.87 bits per heavy atom. The van der Waals surface area contributed by atoms with Gasteiger partial charge in [0.15, 0.2) is 0 Å². The number of aromatic nitrogens is 1. The van der Waals surface area contributed by atoms with Crippen LogP contribution in [0.5, 0.6) is 0 Å². The Hall–Kier alpha value is -2.05. The second-order valence-corrected chi connectivity index (χ2v) is 2.74. The van der Waals surface area contributed by atoms with Crippen molar-refractivity contribution < 1.29 is 19.2 Å². The van der Waals surface area contributed by atoms with Gasteiger partial charge in [-0.3, -0.25) is 4.79 Å². The maximum Gasteiger partial charge on any atom is 0.315 e. The number of amides is 2. The van der Waals surface area contributed by atoms with E-state index in [1.807, 2.05) is 0 Å². The summed E-state index contributed by atoms with van der Waals surface area (Å²) in [5.41, 5.74) is 0.600. The molecule has 0 radical (unpaired) electrons. The highest BCUT2D eigenvalue weighted by molar-refractivity contribution is 5.74. The summed E-state index contributed by atoms with van der Waals surface area (Å²) in [7, 11) is 0. The fourth-order valence-electron chi connectivity index (χ4n) is 0.845. The van der Waals surface area contributed by atoms with Crippen LogP contribution >= 0.6 is 0 Å². The van der Waals surface area contributed by atoms with Crippen LogP contribution in [0, 0.1) is 0 Å². The van der Waals surface area contributed by atoms with E-state index in [-0.39, 0.29) is 19.5 Å². The van der Waals surface area contributed by atoms with Crippen molar-refractivity contribution >= 4 is 12.0 Å². The van der Waals surface area contributed by atoms with Crippen molar-refractivity contribution in [3.63, 3.8) is 0 Å². The zero-order valence-corrected chi connectivity index (χ0v) is 7.90. The molecule has 1 aromatic heterocycles. The molecule has 1 aromatic rings. The van der Waals surface area contributed by atoms with Crippen LogP contribution in [0.15, 0.2) is 16.9 Å². The van der Waals surface area contributed by atoms with E-state index < -0.39 is 12.0 Å². The molecule has 0 bridgehead atoms. The molecule has 0 saturated carbocycles. The summed E-state index contributed by atoms with van der Waals surface area (Å²) < 4.78 is 4.56. The van der Waals surface area contributed by atoms with Crippen LogP contribution in [0.25, 0.3) is 0 Å². The highest BCUT2D eigenvalue weighted by Crippen LogP contribution is 1.92. The third-order valence-corrected chi connectivity index (χ3v) is 1.55. The predicted octanol–water partition coefficient (Wildman–Crippen LogP) is -0.0515. The Kier molecular flexibility index (Phi) is 4.14. The van der Waals surface area contributed by atoms with Gasteiger partial charge in [0.1, 0.15) is 12.0 Å². The normalized spacial score (nSPS) is 9.60. The third kappa shape index (κ3) is 4.65. The second kappa shape index (κ2) is 5.63.